The van der Waals surface area contributed by atoms with Gasteiger partial charge in [0.25, 0.3) is 5.91 Å². The number of benzene rings is 1. The Bertz CT molecular complexity index is 1110. The Balaban J connectivity index is 1.45. The summed E-state index contributed by atoms with van der Waals surface area (Å²) in [5.74, 6) is -2.18. The lowest BCUT2D eigenvalue weighted by atomic mass is 9.83. The van der Waals surface area contributed by atoms with Crippen LogP contribution in [0.2, 0.25) is 5.02 Å². The van der Waals surface area contributed by atoms with E-state index in [1.165, 1.54) is 0 Å². The van der Waals surface area contributed by atoms with Crippen molar-refractivity contribution in [2.45, 2.75) is 56.8 Å². The highest BCUT2D eigenvalue weighted by Gasteiger charge is 2.37. The van der Waals surface area contributed by atoms with Crippen LogP contribution in [0.4, 0.5) is 14.5 Å². The molecule has 2 aliphatic carbocycles. The number of aromatic nitrogens is 2. The number of anilines is 1. The molecule has 0 unspecified atom stereocenters. The van der Waals surface area contributed by atoms with Gasteiger partial charge in [-0.1, -0.05) is 29.8 Å². The summed E-state index contributed by atoms with van der Waals surface area (Å²) < 4.78 is 29.1. The van der Waals surface area contributed by atoms with Gasteiger partial charge in [0.05, 0.1) is 16.3 Å². The fraction of sp³-hybridized carbons (Fsp3) is 0.417. The molecule has 4 nitrogen and oxygen atoms in total. The zero-order chi connectivity index (χ0) is 21.6. The number of pyridine rings is 1. The highest BCUT2D eigenvalue weighted by Crippen LogP contribution is 2.44. The molecule has 2 heterocycles. The minimum absolute atomic E-state index is 0.0439. The summed E-state index contributed by atoms with van der Waals surface area (Å²) in [5.41, 5.74) is 3.84. The van der Waals surface area contributed by atoms with Crippen molar-refractivity contribution >= 4 is 28.8 Å². The molecule has 31 heavy (non-hydrogen) atoms. The van der Waals surface area contributed by atoms with Crippen LogP contribution in [-0.2, 0) is 6.42 Å². The second kappa shape index (κ2) is 7.90. The Morgan fingerprint density at radius 1 is 1.16 bits per heavy atom. The van der Waals surface area contributed by atoms with Gasteiger partial charge in [-0.15, -0.1) is 0 Å². The molecule has 1 N–H and O–H groups in total. The molecule has 0 saturated heterocycles. The van der Waals surface area contributed by atoms with Crippen LogP contribution in [0, 0.1) is 5.92 Å². The largest absolute Gasteiger partial charge is 0.322 e. The lowest BCUT2D eigenvalue weighted by molar-refractivity contribution is -0.0457. The highest BCUT2D eigenvalue weighted by atomic mass is 35.5. The lowest BCUT2D eigenvalue weighted by Crippen LogP contribution is -2.26. The Labute approximate surface area is 184 Å². The van der Waals surface area contributed by atoms with Crippen molar-refractivity contribution in [3.63, 3.8) is 0 Å². The molecular formula is C24H24ClF2N3O. The molecule has 7 heteroatoms. The summed E-state index contributed by atoms with van der Waals surface area (Å²) in [4.78, 5) is 17.6. The summed E-state index contributed by atoms with van der Waals surface area (Å²) in [5, 5.41) is 3.21. The van der Waals surface area contributed by atoms with E-state index < -0.39 is 5.92 Å². The number of nitrogens with one attached hydrogen (secondary N) is 1. The first-order valence-corrected chi connectivity index (χ1v) is 11.2. The average molecular weight is 444 g/mol. The molecule has 1 amide bonds. The molecule has 1 aromatic carbocycles. The number of rotatable bonds is 5. The smallest absolute Gasteiger partial charge is 0.257 e. The van der Waals surface area contributed by atoms with E-state index >= 15 is 0 Å². The zero-order valence-corrected chi connectivity index (χ0v) is 17.8. The average Bonchev–Trinajstić information content (AvgIpc) is 3.53. The van der Waals surface area contributed by atoms with Crippen LogP contribution in [0.15, 0.2) is 42.6 Å². The molecular weight excluding hydrogens is 420 g/mol. The molecule has 0 spiro atoms. The molecule has 2 saturated carbocycles. The normalized spacial score (nSPS) is 18.9. The van der Waals surface area contributed by atoms with Gasteiger partial charge in [-0.05, 0) is 56.2 Å². The fourth-order valence-corrected chi connectivity index (χ4v) is 4.73. The van der Waals surface area contributed by atoms with Crippen molar-refractivity contribution in [2.75, 3.05) is 5.32 Å². The first kappa shape index (κ1) is 20.4. The van der Waals surface area contributed by atoms with Gasteiger partial charge in [-0.2, -0.15) is 0 Å². The van der Waals surface area contributed by atoms with Gasteiger partial charge in [0, 0.05) is 36.3 Å². The van der Waals surface area contributed by atoms with Crippen LogP contribution < -0.4 is 5.32 Å². The Kier molecular flexibility index (Phi) is 5.21. The van der Waals surface area contributed by atoms with E-state index in [0.717, 1.165) is 30.7 Å². The first-order valence-electron chi connectivity index (χ1n) is 10.8. The first-order chi connectivity index (χ1) is 14.9. The lowest BCUT2D eigenvalue weighted by Gasteiger charge is -2.28. The third-order valence-electron chi connectivity index (χ3n) is 6.40. The van der Waals surface area contributed by atoms with Crippen molar-refractivity contribution in [3.8, 4) is 0 Å². The maximum Gasteiger partial charge on any atom is 0.257 e. The standard InChI is InChI=1S/C24H24ClF2N3O/c25-19-14-30-20(12-15-8-10-24(26,27)11-9-15)22(16-6-7-16)29-21(30)13-18(19)23(31)28-17-4-2-1-3-5-17/h1-5,13-16H,6-12H2,(H,28,31). The zero-order valence-electron chi connectivity index (χ0n) is 17.1. The third kappa shape index (κ3) is 4.31. The predicted octanol–water partition coefficient (Wildman–Crippen LogP) is 6.49. The van der Waals surface area contributed by atoms with Gasteiger partial charge in [0.2, 0.25) is 5.92 Å². The number of alkyl halides is 2. The number of fused-ring (bicyclic) bond motifs is 1. The van der Waals surface area contributed by atoms with Crippen molar-refractivity contribution in [3.05, 3.63) is 64.6 Å². The Hall–Kier alpha value is -2.47. The van der Waals surface area contributed by atoms with Crippen LogP contribution >= 0.6 is 11.6 Å². The summed E-state index contributed by atoms with van der Waals surface area (Å²) in [6, 6.07) is 10.9. The fourth-order valence-electron chi connectivity index (χ4n) is 4.49. The molecule has 2 aromatic heterocycles. The number of imidazole rings is 1. The number of halogens is 3. The van der Waals surface area contributed by atoms with Crippen LogP contribution in [0.5, 0.6) is 0 Å². The number of amides is 1. The Morgan fingerprint density at radius 2 is 1.87 bits per heavy atom. The van der Waals surface area contributed by atoms with Gasteiger partial charge in [0.1, 0.15) is 5.65 Å². The van der Waals surface area contributed by atoms with Crippen molar-refractivity contribution in [1.29, 1.82) is 0 Å². The van der Waals surface area contributed by atoms with E-state index in [1.54, 1.807) is 12.3 Å². The van der Waals surface area contributed by atoms with Gasteiger partial charge in [-0.3, -0.25) is 4.79 Å². The molecule has 0 radical (unpaired) electrons. The molecule has 3 aromatic rings. The van der Waals surface area contributed by atoms with Crippen LogP contribution in [0.3, 0.4) is 0 Å². The number of hydrogen-bond acceptors (Lipinski definition) is 2. The SMILES string of the molecule is O=C(Nc1ccccc1)c1cc2nc(C3CC3)c(CC3CCC(F)(F)CC3)n2cc1Cl. The number of para-hydroxylation sites is 1. The predicted molar refractivity (Wildman–Crippen MR) is 117 cm³/mol. The van der Waals surface area contributed by atoms with E-state index in [9.17, 15) is 13.6 Å². The molecule has 0 aliphatic heterocycles. The Morgan fingerprint density at radius 3 is 2.55 bits per heavy atom. The number of carbonyl (C=O) groups excluding carboxylic acids is 1. The molecule has 0 atom stereocenters. The summed E-state index contributed by atoms with van der Waals surface area (Å²) in [6.07, 6.45) is 5.61. The maximum absolute atomic E-state index is 13.6. The van der Waals surface area contributed by atoms with Crippen molar-refractivity contribution in [2.24, 2.45) is 5.92 Å². The minimum atomic E-state index is -2.53. The highest BCUT2D eigenvalue weighted by molar-refractivity contribution is 6.34. The van der Waals surface area contributed by atoms with Gasteiger partial charge < -0.3 is 9.72 Å². The van der Waals surface area contributed by atoms with E-state index in [4.69, 9.17) is 16.6 Å². The van der Waals surface area contributed by atoms with Gasteiger partial charge in [-0.25, -0.2) is 13.8 Å². The van der Waals surface area contributed by atoms with Crippen molar-refractivity contribution in [1.82, 2.24) is 9.38 Å². The van der Waals surface area contributed by atoms with E-state index in [1.807, 2.05) is 34.7 Å². The molecule has 2 aliphatic rings. The third-order valence-corrected chi connectivity index (χ3v) is 6.70. The second-order valence-electron chi connectivity index (χ2n) is 8.80. The second-order valence-corrected chi connectivity index (χ2v) is 9.21. The van der Waals surface area contributed by atoms with E-state index in [2.05, 4.69) is 5.32 Å². The number of hydrogen-bond donors (Lipinski definition) is 1. The molecule has 0 bridgehead atoms. The minimum Gasteiger partial charge on any atom is -0.322 e. The quantitative estimate of drug-likeness (QED) is 0.490. The molecule has 162 valence electrons. The van der Waals surface area contributed by atoms with Gasteiger partial charge in [0.15, 0.2) is 0 Å². The van der Waals surface area contributed by atoms with Crippen LogP contribution in [0.25, 0.3) is 5.65 Å². The number of carbonyl (C=O) groups is 1. The topological polar surface area (TPSA) is 46.4 Å². The van der Waals surface area contributed by atoms with Crippen LogP contribution in [0.1, 0.15) is 66.2 Å². The van der Waals surface area contributed by atoms with E-state index in [0.29, 0.717) is 40.7 Å². The molecule has 2 fully saturated rings. The summed E-state index contributed by atoms with van der Waals surface area (Å²) in [7, 11) is 0. The summed E-state index contributed by atoms with van der Waals surface area (Å²) in [6.45, 7) is 0. The van der Waals surface area contributed by atoms with Gasteiger partial charge >= 0.3 is 0 Å². The van der Waals surface area contributed by atoms with Crippen LogP contribution in [-0.4, -0.2) is 21.2 Å². The number of nitrogens with zero attached hydrogens (tertiary/aromatic N) is 2. The monoisotopic (exact) mass is 443 g/mol. The van der Waals surface area contributed by atoms with E-state index in [-0.39, 0.29) is 24.7 Å². The maximum atomic E-state index is 13.6. The summed E-state index contributed by atoms with van der Waals surface area (Å²) >= 11 is 6.51. The van der Waals surface area contributed by atoms with Crippen molar-refractivity contribution < 1.29 is 13.6 Å². The molecule has 5 rings (SSSR count).